The minimum Gasteiger partial charge on any atom is -0.486 e. The highest BCUT2D eigenvalue weighted by Crippen LogP contribution is 2.29. The Morgan fingerprint density at radius 1 is 1.18 bits per heavy atom. The number of halogens is 2. The molecule has 9 heteroatoms. The second-order valence-corrected chi connectivity index (χ2v) is 8.32. The highest BCUT2D eigenvalue weighted by Gasteiger charge is 2.45. The Balaban J connectivity index is 1.82. The van der Waals surface area contributed by atoms with Gasteiger partial charge in [-0.25, -0.2) is 17.2 Å². The number of rotatable bonds is 6. The summed E-state index contributed by atoms with van der Waals surface area (Å²) in [5.41, 5.74) is 0.252. The van der Waals surface area contributed by atoms with Crippen molar-refractivity contribution in [2.24, 2.45) is 0 Å². The predicted octanol–water partition coefficient (Wildman–Crippen LogP) is 2.49. The summed E-state index contributed by atoms with van der Waals surface area (Å²) in [4.78, 5) is 12.1. The third-order valence-electron chi connectivity index (χ3n) is 4.42. The molecular weight excluding hydrogens is 392 g/mol. The fraction of sp³-hybridized carbons (Fsp3) is 0.316. The number of hydrogen-bond acceptors (Lipinski definition) is 5. The third-order valence-corrected chi connectivity index (χ3v) is 6.23. The average Bonchev–Trinajstić information content (AvgIpc) is 3.07. The van der Waals surface area contributed by atoms with E-state index in [4.69, 9.17) is 9.47 Å². The van der Waals surface area contributed by atoms with Crippen molar-refractivity contribution in [1.29, 1.82) is 0 Å². The zero-order valence-corrected chi connectivity index (χ0v) is 15.9. The van der Waals surface area contributed by atoms with Crippen LogP contribution in [0.1, 0.15) is 12.0 Å². The molecule has 150 valence electrons. The minimum atomic E-state index is -3.98. The van der Waals surface area contributed by atoms with E-state index in [1.807, 2.05) is 0 Å². The molecule has 0 aromatic heterocycles. The Bertz CT molecular complexity index is 966. The summed E-state index contributed by atoms with van der Waals surface area (Å²) < 4.78 is 64.2. The van der Waals surface area contributed by atoms with Crippen molar-refractivity contribution < 1.29 is 31.5 Å². The highest BCUT2D eigenvalue weighted by atomic mass is 32.2. The maximum absolute atomic E-state index is 13.8. The minimum absolute atomic E-state index is 0.0173. The number of sulfonamides is 1. The molecule has 0 saturated carbocycles. The average molecular weight is 411 g/mol. The Labute approximate surface area is 161 Å². The van der Waals surface area contributed by atoms with Gasteiger partial charge in [-0.1, -0.05) is 24.3 Å². The maximum Gasteiger partial charge on any atom is 0.324 e. The number of benzene rings is 2. The van der Waals surface area contributed by atoms with E-state index in [-0.39, 0.29) is 24.3 Å². The van der Waals surface area contributed by atoms with Crippen molar-refractivity contribution in [3.8, 4) is 5.75 Å². The lowest BCUT2D eigenvalue weighted by molar-refractivity contribution is -0.144. The molecular formula is C19H19F2NO5S. The van der Waals surface area contributed by atoms with Crippen LogP contribution in [0.2, 0.25) is 0 Å². The van der Waals surface area contributed by atoms with Gasteiger partial charge in [0.2, 0.25) is 10.0 Å². The zero-order valence-electron chi connectivity index (χ0n) is 15.0. The molecule has 0 spiro atoms. The topological polar surface area (TPSA) is 72.9 Å². The molecule has 0 bridgehead atoms. The molecule has 28 heavy (non-hydrogen) atoms. The number of para-hydroxylation sites is 1. The van der Waals surface area contributed by atoms with E-state index < -0.39 is 45.5 Å². The van der Waals surface area contributed by atoms with Crippen LogP contribution in [0, 0.1) is 11.6 Å². The standard InChI is InChI=1S/C19H19F2NO5S/c1-26-19(23)17-10-15(27-18-8-3-2-7-16(18)21)11-22(17)28(24,25)12-13-5-4-6-14(20)9-13/h2-9,15,17H,10-12H2,1H3. The van der Waals surface area contributed by atoms with Gasteiger partial charge in [0.15, 0.2) is 11.6 Å². The van der Waals surface area contributed by atoms with Crippen LogP contribution in [0.4, 0.5) is 8.78 Å². The lowest BCUT2D eigenvalue weighted by Crippen LogP contribution is -2.41. The van der Waals surface area contributed by atoms with Crippen LogP contribution in [-0.2, 0) is 25.3 Å². The molecule has 2 atom stereocenters. The van der Waals surface area contributed by atoms with E-state index in [2.05, 4.69) is 0 Å². The first-order valence-electron chi connectivity index (χ1n) is 8.53. The van der Waals surface area contributed by atoms with Crippen LogP contribution in [-0.4, -0.2) is 44.5 Å². The lowest BCUT2D eigenvalue weighted by atomic mass is 10.2. The maximum atomic E-state index is 13.8. The van der Waals surface area contributed by atoms with Crippen LogP contribution >= 0.6 is 0 Å². The number of methoxy groups -OCH3 is 1. The molecule has 3 rings (SSSR count). The molecule has 0 radical (unpaired) electrons. The van der Waals surface area contributed by atoms with Gasteiger partial charge in [-0.05, 0) is 29.8 Å². The van der Waals surface area contributed by atoms with Gasteiger partial charge in [-0.3, -0.25) is 4.79 Å². The fourth-order valence-electron chi connectivity index (χ4n) is 3.15. The monoisotopic (exact) mass is 411 g/mol. The van der Waals surface area contributed by atoms with Gasteiger partial charge in [-0.2, -0.15) is 4.31 Å². The summed E-state index contributed by atoms with van der Waals surface area (Å²) in [6.45, 7) is -0.147. The van der Waals surface area contributed by atoms with Gasteiger partial charge in [0.1, 0.15) is 18.0 Å². The van der Waals surface area contributed by atoms with E-state index in [0.717, 1.165) is 17.5 Å². The van der Waals surface area contributed by atoms with Gasteiger partial charge in [-0.15, -0.1) is 0 Å². The molecule has 1 heterocycles. The Hall–Kier alpha value is -2.52. The molecule has 2 unspecified atom stereocenters. The van der Waals surface area contributed by atoms with Gasteiger partial charge in [0.25, 0.3) is 0 Å². The molecule has 0 N–H and O–H groups in total. The van der Waals surface area contributed by atoms with Crippen LogP contribution in [0.3, 0.4) is 0 Å². The summed E-state index contributed by atoms with van der Waals surface area (Å²) in [6.07, 6.45) is -0.716. The summed E-state index contributed by atoms with van der Waals surface area (Å²) in [7, 11) is -2.82. The van der Waals surface area contributed by atoms with Crippen LogP contribution in [0.5, 0.6) is 5.75 Å². The molecule has 1 aliphatic heterocycles. The molecule has 1 saturated heterocycles. The van der Waals surface area contributed by atoms with Gasteiger partial charge >= 0.3 is 5.97 Å². The normalized spacial score (nSPS) is 20.1. The van der Waals surface area contributed by atoms with Crippen LogP contribution in [0.15, 0.2) is 48.5 Å². The SMILES string of the molecule is COC(=O)C1CC(Oc2ccccc2F)CN1S(=O)(=O)Cc1cccc(F)c1. The quantitative estimate of drug-likeness (QED) is 0.683. The summed E-state index contributed by atoms with van der Waals surface area (Å²) in [5.74, 6) is -2.38. The van der Waals surface area contributed by atoms with E-state index in [1.54, 1.807) is 6.07 Å². The van der Waals surface area contributed by atoms with Gasteiger partial charge in [0, 0.05) is 6.42 Å². The zero-order chi connectivity index (χ0) is 20.3. The molecule has 0 amide bonds. The van der Waals surface area contributed by atoms with Crippen molar-refractivity contribution in [3.63, 3.8) is 0 Å². The third kappa shape index (κ3) is 4.48. The van der Waals surface area contributed by atoms with Crippen molar-refractivity contribution in [1.82, 2.24) is 4.31 Å². The lowest BCUT2D eigenvalue weighted by Gasteiger charge is -2.21. The van der Waals surface area contributed by atoms with Crippen molar-refractivity contribution in [3.05, 3.63) is 65.7 Å². The number of carbonyl (C=O) groups is 1. The highest BCUT2D eigenvalue weighted by molar-refractivity contribution is 7.88. The number of carbonyl (C=O) groups excluding carboxylic acids is 1. The second-order valence-electron chi connectivity index (χ2n) is 6.40. The summed E-state index contributed by atoms with van der Waals surface area (Å²) in [5, 5.41) is 0. The fourth-order valence-corrected chi connectivity index (χ4v) is 4.87. The first-order chi connectivity index (χ1) is 13.3. The molecule has 2 aromatic carbocycles. The Morgan fingerprint density at radius 3 is 2.61 bits per heavy atom. The first kappa shape index (κ1) is 20.2. The Morgan fingerprint density at radius 2 is 1.93 bits per heavy atom. The smallest absolute Gasteiger partial charge is 0.324 e. The van der Waals surface area contributed by atoms with Crippen LogP contribution in [0.25, 0.3) is 0 Å². The van der Waals surface area contributed by atoms with E-state index in [0.29, 0.717) is 0 Å². The molecule has 1 fully saturated rings. The Kier molecular flexibility index (Phi) is 5.95. The van der Waals surface area contributed by atoms with Gasteiger partial charge < -0.3 is 9.47 Å². The van der Waals surface area contributed by atoms with E-state index in [9.17, 15) is 22.0 Å². The van der Waals surface area contributed by atoms with E-state index in [1.165, 1.54) is 36.4 Å². The number of nitrogens with zero attached hydrogens (tertiary/aromatic N) is 1. The van der Waals surface area contributed by atoms with Crippen molar-refractivity contribution >= 4 is 16.0 Å². The van der Waals surface area contributed by atoms with Gasteiger partial charge in [0.05, 0.1) is 19.4 Å². The second kappa shape index (κ2) is 8.24. The largest absolute Gasteiger partial charge is 0.486 e. The number of esters is 1. The van der Waals surface area contributed by atoms with Crippen molar-refractivity contribution in [2.75, 3.05) is 13.7 Å². The number of ether oxygens (including phenoxy) is 2. The summed E-state index contributed by atoms with van der Waals surface area (Å²) in [6, 6.07) is 9.86. The predicted molar refractivity (Wildman–Crippen MR) is 97.0 cm³/mol. The van der Waals surface area contributed by atoms with E-state index >= 15 is 0 Å². The molecule has 6 nitrogen and oxygen atoms in total. The molecule has 1 aliphatic rings. The number of hydrogen-bond donors (Lipinski definition) is 0. The first-order valence-corrected chi connectivity index (χ1v) is 10.1. The molecule has 0 aliphatic carbocycles. The van der Waals surface area contributed by atoms with Crippen LogP contribution < -0.4 is 4.74 Å². The van der Waals surface area contributed by atoms with Crippen molar-refractivity contribution in [2.45, 2.75) is 24.3 Å². The molecule has 2 aromatic rings. The summed E-state index contributed by atoms with van der Waals surface area (Å²) >= 11 is 0.